The molecule has 2 N–H and O–H groups in total. The van der Waals surface area contributed by atoms with Crippen LogP contribution in [0.2, 0.25) is 0 Å². The maximum Gasteiger partial charge on any atom is 0.429 e. The average Bonchev–Trinajstić information content (AvgIpc) is 2.90. The second-order valence-electron chi connectivity index (χ2n) is 8.42. The van der Waals surface area contributed by atoms with Crippen molar-refractivity contribution in [2.45, 2.75) is 20.1 Å². The fourth-order valence-corrected chi connectivity index (χ4v) is 4.05. The Bertz CT molecular complexity index is 1600. The molecule has 7 nitrogen and oxygen atoms in total. The Labute approximate surface area is 207 Å². The summed E-state index contributed by atoms with van der Waals surface area (Å²) in [5.74, 6) is 6.58. The van der Waals surface area contributed by atoms with Crippen molar-refractivity contribution in [1.29, 1.82) is 0 Å². The van der Waals surface area contributed by atoms with Gasteiger partial charge >= 0.3 is 11.7 Å². The molecule has 0 saturated carbocycles. The zero-order valence-electron chi connectivity index (χ0n) is 19.6. The number of amides is 1. The zero-order valence-corrected chi connectivity index (χ0v) is 19.6. The molecular weight excluding hydrogens is 456 g/mol. The second-order valence-corrected chi connectivity index (χ2v) is 8.42. The van der Waals surface area contributed by atoms with Gasteiger partial charge in [-0.3, -0.25) is 0 Å². The lowest BCUT2D eigenvalue weighted by Gasteiger charge is -2.17. The molecule has 0 spiro atoms. The fraction of sp³-hybridized carbons (Fsp3) is 0.103. The van der Waals surface area contributed by atoms with Crippen LogP contribution in [0, 0.1) is 6.92 Å². The number of ether oxygens (including phenoxy) is 2. The second kappa shape index (κ2) is 9.93. The van der Waals surface area contributed by atoms with Crippen LogP contribution in [0.1, 0.15) is 16.7 Å². The molecule has 36 heavy (non-hydrogen) atoms. The highest BCUT2D eigenvalue weighted by Gasteiger charge is 2.14. The largest absolute Gasteiger partial charge is 0.489 e. The van der Waals surface area contributed by atoms with Crippen LogP contribution < -0.4 is 21.2 Å². The number of aryl methyl sites for hydroxylation is 1. The van der Waals surface area contributed by atoms with Gasteiger partial charge in [0.1, 0.15) is 24.5 Å². The number of hydrogen-bond acceptors (Lipinski definition) is 6. The minimum atomic E-state index is -0.653. The van der Waals surface area contributed by atoms with Gasteiger partial charge in [-0.2, -0.15) is 0 Å². The maximum atomic E-state index is 12.5. The highest BCUT2D eigenvalue weighted by Crippen LogP contribution is 2.24. The fourth-order valence-electron chi connectivity index (χ4n) is 4.05. The third kappa shape index (κ3) is 4.92. The zero-order chi connectivity index (χ0) is 25.1. The molecule has 7 heteroatoms. The Morgan fingerprint density at radius 3 is 2.50 bits per heavy atom. The number of anilines is 1. The summed E-state index contributed by atoms with van der Waals surface area (Å²) >= 11 is 0. The minimum Gasteiger partial charge on any atom is -0.489 e. The Kier molecular flexibility index (Phi) is 6.38. The molecule has 0 aliphatic rings. The molecule has 0 saturated heterocycles. The van der Waals surface area contributed by atoms with E-state index in [0.29, 0.717) is 17.0 Å². The molecule has 0 atom stereocenters. The lowest BCUT2D eigenvalue weighted by molar-refractivity contribution is 0.147. The van der Waals surface area contributed by atoms with Crippen LogP contribution in [-0.2, 0) is 18.0 Å². The Hall–Kier alpha value is -4.62. The van der Waals surface area contributed by atoms with Crippen molar-refractivity contribution in [3.05, 3.63) is 118 Å². The van der Waals surface area contributed by atoms with Gasteiger partial charge in [0, 0.05) is 17.5 Å². The Morgan fingerprint density at radius 2 is 1.67 bits per heavy atom. The number of nitrogens with two attached hydrogens (primary N) is 1. The first-order chi connectivity index (χ1) is 17.5. The highest BCUT2D eigenvalue weighted by molar-refractivity contribution is 5.88. The Balaban J connectivity index is 1.20. The summed E-state index contributed by atoms with van der Waals surface area (Å²) in [6, 6.07) is 27.7. The standard InChI is InChI=1S/C29H24N2O5/c1-19-15-28(32)36-27-16-24(13-14-25(19)27)34-17-20-9-11-23(12-10-20)31(30)29(33)35-18-22-7-4-6-21-5-2-3-8-26(21)22/h2-16H,17-18,30H2,1H3. The van der Waals surface area contributed by atoms with Crippen LogP contribution in [0.25, 0.3) is 21.7 Å². The van der Waals surface area contributed by atoms with E-state index in [1.807, 2.05) is 73.7 Å². The van der Waals surface area contributed by atoms with E-state index in [9.17, 15) is 9.59 Å². The van der Waals surface area contributed by atoms with E-state index in [4.69, 9.17) is 19.7 Å². The molecule has 1 amide bonds. The van der Waals surface area contributed by atoms with E-state index < -0.39 is 11.7 Å². The number of carbonyl (C=O) groups excluding carboxylic acids is 1. The van der Waals surface area contributed by atoms with Gasteiger partial charge in [-0.15, -0.1) is 0 Å². The van der Waals surface area contributed by atoms with Crippen LogP contribution >= 0.6 is 0 Å². The predicted octanol–water partition coefficient (Wildman–Crippen LogP) is 5.85. The first-order valence-corrected chi connectivity index (χ1v) is 11.4. The van der Waals surface area contributed by atoms with Gasteiger partial charge in [0.25, 0.3) is 0 Å². The van der Waals surface area contributed by atoms with Gasteiger partial charge in [-0.1, -0.05) is 54.6 Å². The summed E-state index contributed by atoms with van der Waals surface area (Å²) in [5.41, 5.74) is 3.21. The van der Waals surface area contributed by atoms with Crippen LogP contribution in [0.15, 0.2) is 100 Å². The molecule has 5 rings (SSSR count). The van der Waals surface area contributed by atoms with Crippen LogP contribution in [-0.4, -0.2) is 6.09 Å². The molecular formula is C29H24N2O5. The molecule has 0 bridgehead atoms. The first-order valence-electron chi connectivity index (χ1n) is 11.4. The smallest absolute Gasteiger partial charge is 0.429 e. The molecule has 0 unspecified atom stereocenters. The van der Waals surface area contributed by atoms with Crippen molar-refractivity contribution in [1.82, 2.24) is 0 Å². The monoisotopic (exact) mass is 480 g/mol. The summed E-state index contributed by atoms with van der Waals surface area (Å²) < 4.78 is 16.6. The van der Waals surface area contributed by atoms with E-state index in [1.165, 1.54) is 6.07 Å². The molecule has 0 aliphatic carbocycles. The Morgan fingerprint density at radius 1 is 0.889 bits per heavy atom. The number of hydrazine groups is 1. The van der Waals surface area contributed by atoms with Crippen LogP contribution in [0.3, 0.4) is 0 Å². The summed E-state index contributed by atoms with van der Waals surface area (Å²) in [5, 5.41) is 3.95. The van der Waals surface area contributed by atoms with E-state index in [1.54, 1.807) is 18.2 Å². The number of fused-ring (bicyclic) bond motifs is 2. The molecule has 5 aromatic rings. The highest BCUT2D eigenvalue weighted by atomic mass is 16.6. The topological polar surface area (TPSA) is 95.0 Å². The van der Waals surface area contributed by atoms with Gasteiger partial charge in [0.2, 0.25) is 0 Å². The maximum absolute atomic E-state index is 12.5. The normalized spacial score (nSPS) is 10.9. The molecule has 1 aromatic heterocycles. The van der Waals surface area contributed by atoms with Gasteiger partial charge in [-0.05, 0) is 58.7 Å². The SMILES string of the molecule is Cc1cc(=O)oc2cc(OCc3ccc(N(N)C(=O)OCc4cccc5ccccc45)cc3)ccc12. The lowest BCUT2D eigenvalue weighted by atomic mass is 10.1. The minimum absolute atomic E-state index is 0.116. The average molecular weight is 481 g/mol. The van der Waals surface area contributed by atoms with Crippen molar-refractivity contribution >= 4 is 33.5 Å². The van der Waals surface area contributed by atoms with Crippen molar-refractivity contribution < 1.29 is 18.7 Å². The third-order valence-electron chi connectivity index (χ3n) is 5.97. The molecule has 4 aromatic carbocycles. The van der Waals surface area contributed by atoms with Gasteiger partial charge in [0.15, 0.2) is 0 Å². The van der Waals surface area contributed by atoms with E-state index in [2.05, 4.69) is 0 Å². The van der Waals surface area contributed by atoms with Gasteiger partial charge in [0.05, 0.1) is 5.69 Å². The van der Waals surface area contributed by atoms with Crippen molar-refractivity contribution in [2.75, 3.05) is 5.01 Å². The summed E-state index contributed by atoms with van der Waals surface area (Å²) in [6.45, 7) is 2.27. The van der Waals surface area contributed by atoms with Crippen molar-refractivity contribution in [3.63, 3.8) is 0 Å². The molecule has 1 heterocycles. The van der Waals surface area contributed by atoms with Crippen molar-refractivity contribution in [2.24, 2.45) is 5.84 Å². The number of carbonyl (C=O) groups is 1. The first kappa shape index (κ1) is 23.1. The van der Waals surface area contributed by atoms with Gasteiger partial charge in [-0.25, -0.2) is 20.4 Å². The summed E-state index contributed by atoms with van der Waals surface area (Å²) in [7, 11) is 0. The van der Waals surface area contributed by atoms with Gasteiger partial charge < -0.3 is 13.9 Å². The van der Waals surface area contributed by atoms with Crippen LogP contribution in [0.5, 0.6) is 5.75 Å². The molecule has 0 radical (unpaired) electrons. The number of hydrogen-bond donors (Lipinski definition) is 1. The molecule has 180 valence electrons. The summed E-state index contributed by atoms with van der Waals surface area (Å²) in [4.78, 5) is 24.2. The number of rotatable bonds is 6. The summed E-state index contributed by atoms with van der Waals surface area (Å²) in [6.07, 6.45) is -0.653. The van der Waals surface area contributed by atoms with E-state index in [-0.39, 0.29) is 13.2 Å². The number of nitrogens with zero attached hydrogens (tertiary/aromatic N) is 1. The predicted molar refractivity (Wildman–Crippen MR) is 139 cm³/mol. The molecule has 0 aliphatic heterocycles. The van der Waals surface area contributed by atoms with Crippen LogP contribution in [0.4, 0.5) is 10.5 Å². The van der Waals surface area contributed by atoms with E-state index in [0.717, 1.165) is 37.9 Å². The van der Waals surface area contributed by atoms with Crippen molar-refractivity contribution in [3.8, 4) is 5.75 Å². The third-order valence-corrected chi connectivity index (χ3v) is 5.97. The van der Waals surface area contributed by atoms with E-state index >= 15 is 0 Å². The quantitative estimate of drug-likeness (QED) is 0.142. The molecule has 0 fully saturated rings. The number of benzene rings is 4. The lowest BCUT2D eigenvalue weighted by Crippen LogP contribution is -2.37.